The highest BCUT2D eigenvalue weighted by atomic mass is 35.5. The zero-order chi connectivity index (χ0) is 24.2. The van der Waals surface area contributed by atoms with E-state index in [1.165, 1.54) is 22.0 Å². The van der Waals surface area contributed by atoms with Crippen molar-refractivity contribution < 1.29 is 9.53 Å². The molecular weight excluding hydrogens is 488 g/mol. The van der Waals surface area contributed by atoms with Gasteiger partial charge in [-0.2, -0.15) is 0 Å². The number of carbonyl (C=O) groups is 1. The third kappa shape index (κ3) is 5.13. The second-order valence-electron chi connectivity index (χ2n) is 7.27. The maximum Gasteiger partial charge on any atom is 0.261 e. The first-order chi connectivity index (χ1) is 17.1. The molecule has 0 aliphatic heterocycles. The maximum atomic E-state index is 12.3. The molecule has 0 aliphatic carbocycles. The van der Waals surface area contributed by atoms with Gasteiger partial charge in [-0.15, -0.1) is 16.4 Å². The van der Waals surface area contributed by atoms with Gasteiger partial charge in [0.2, 0.25) is 5.88 Å². The molecule has 0 aliphatic rings. The molecule has 1 aromatic carbocycles. The molecule has 0 spiro atoms. The van der Waals surface area contributed by atoms with Crippen LogP contribution in [0, 0.1) is 0 Å². The number of nitrogens with zero attached hydrogens (tertiary/aromatic N) is 5. The van der Waals surface area contributed by atoms with Crippen LogP contribution in [0.1, 0.15) is 15.4 Å². The van der Waals surface area contributed by atoms with Gasteiger partial charge in [0.1, 0.15) is 11.4 Å². The van der Waals surface area contributed by atoms with Crippen molar-refractivity contribution in [2.45, 2.75) is 6.54 Å². The Morgan fingerprint density at radius 1 is 1.09 bits per heavy atom. The minimum absolute atomic E-state index is 0.171. The minimum Gasteiger partial charge on any atom is -0.437 e. The summed E-state index contributed by atoms with van der Waals surface area (Å²) in [6, 6.07) is 18.9. The molecule has 0 fully saturated rings. The molecule has 0 bridgehead atoms. The highest BCUT2D eigenvalue weighted by Gasteiger charge is 2.14. The molecule has 5 aromatic rings. The van der Waals surface area contributed by atoms with Crippen molar-refractivity contribution in [2.75, 3.05) is 0 Å². The van der Waals surface area contributed by atoms with E-state index in [1.54, 1.807) is 77.9 Å². The number of hydrogen-bond donors (Lipinski definition) is 1. The van der Waals surface area contributed by atoms with Crippen molar-refractivity contribution in [1.82, 2.24) is 29.9 Å². The minimum atomic E-state index is -0.242. The fraction of sp³-hybridized carbons (Fsp3) is 0.0417. The summed E-state index contributed by atoms with van der Waals surface area (Å²) in [7, 11) is 0. The van der Waals surface area contributed by atoms with Crippen LogP contribution in [0.15, 0.2) is 90.1 Å². The van der Waals surface area contributed by atoms with Crippen LogP contribution in [0.25, 0.3) is 11.4 Å². The molecule has 1 N–H and O–H groups in total. The van der Waals surface area contributed by atoms with Crippen LogP contribution < -0.4 is 15.6 Å². The summed E-state index contributed by atoms with van der Waals surface area (Å²) in [6.45, 7) is 0.183. The highest BCUT2D eigenvalue weighted by Crippen LogP contribution is 2.29. The number of nitrogens with one attached hydrogen (secondary N) is 1. The van der Waals surface area contributed by atoms with Crippen LogP contribution >= 0.6 is 22.9 Å². The number of hydrogen-bond acceptors (Lipinski definition) is 7. The number of pyridine rings is 2. The van der Waals surface area contributed by atoms with Crippen molar-refractivity contribution in [3.8, 4) is 23.0 Å². The molecule has 1 amide bonds. The molecule has 5 rings (SSSR count). The Labute approximate surface area is 208 Å². The van der Waals surface area contributed by atoms with E-state index < -0.39 is 0 Å². The summed E-state index contributed by atoms with van der Waals surface area (Å²) >= 11 is 7.10. The highest BCUT2D eigenvalue weighted by molar-refractivity contribution is 7.17. The number of amides is 1. The van der Waals surface area contributed by atoms with Gasteiger partial charge < -0.3 is 10.1 Å². The topological polar surface area (TPSA) is 104 Å². The number of aromatic nitrogens is 5. The van der Waals surface area contributed by atoms with Crippen LogP contribution in [-0.2, 0) is 6.54 Å². The van der Waals surface area contributed by atoms with E-state index in [1.807, 2.05) is 6.07 Å². The van der Waals surface area contributed by atoms with E-state index in [2.05, 4.69) is 20.6 Å². The van der Waals surface area contributed by atoms with Gasteiger partial charge in [0.25, 0.3) is 11.5 Å². The molecule has 0 unspecified atom stereocenters. The number of carbonyl (C=O) groups excluding carboxylic acids is 1. The smallest absolute Gasteiger partial charge is 0.261 e. The van der Waals surface area contributed by atoms with Gasteiger partial charge in [0, 0.05) is 30.6 Å². The lowest BCUT2D eigenvalue weighted by Crippen LogP contribution is -2.21. The lowest BCUT2D eigenvalue weighted by atomic mass is 10.2. The third-order valence-corrected chi connectivity index (χ3v) is 6.14. The molecule has 4 aromatic heterocycles. The van der Waals surface area contributed by atoms with Crippen LogP contribution in [-0.4, -0.2) is 30.5 Å². The Balaban J connectivity index is 1.43. The molecule has 0 atom stereocenters. The predicted octanol–water partition coefficient (Wildman–Crippen LogP) is 4.25. The first-order valence-electron chi connectivity index (χ1n) is 10.4. The molecule has 174 valence electrons. The predicted molar refractivity (Wildman–Crippen MR) is 132 cm³/mol. The maximum absolute atomic E-state index is 12.3. The second kappa shape index (κ2) is 9.92. The van der Waals surface area contributed by atoms with Gasteiger partial charge in [-0.25, -0.2) is 9.67 Å². The van der Waals surface area contributed by atoms with E-state index in [0.717, 1.165) is 0 Å². The first kappa shape index (κ1) is 22.5. The van der Waals surface area contributed by atoms with Gasteiger partial charge in [-0.1, -0.05) is 28.9 Å². The molecule has 0 radical (unpaired) electrons. The second-order valence-corrected chi connectivity index (χ2v) is 8.99. The van der Waals surface area contributed by atoms with Crippen LogP contribution in [0.5, 0.6) is 11.6 Å². The van der Waals surface area contributed by atoms with Crippen molar-refractivity contribution in [3.05, 3.63) is 111 Å². The van der Waals surface area contributed by atoms with Crippen molar-refractivity contribution in [1.29, 1.82) is 0 Å². The van der Waals surface area contributed by atoms with E-state index in [9.17, 15) is 9.59 Å². The number of ether oxygens (including phenoxy) is 1. The largest absolute Gasteiger partial charge is 0.437 e. The Kier molecular flexibility index (Phi) is 6.38. The van der Waals surface area contributed by atoms with E-state index in [-0.39, 0.29) is 18.0 Å². The molecule has 11 heteroatoms. The van der Waals surface area contributed by atoms with Crippen LogP contribution in [0.2, 0.25) is 4.34 Å². The average Bonchev–Trinajstić information content (AvgIpc) is 3.53. The van der Waals surface area contributed by atoms with Gasteiger partial charge in [-0.3, -0.25) is 14.2 Å². The van der Waals surface area contributed by atoms with E-state index in [4.69, 9.17) is 16.3 Å². The van der Waals surface area contributed by atoms with Crippen LogP contribution in [0.3, 0.4) is 0 Å². The normalized spacial score (nSPS) is 10.8. The lowest BCUT2D eigenvalue weighted by Gasteiger charge is -2.13. The monoisotopic (exact) mass is 504 g/mol. The Bertz CT molecular complexity index is 1550. The Hall–Kier alpha value is -4.28. The zero-order valence-corrected chi connectivity index (χ0v) is 19.6. The number of benzene rings is 1. The van der Waals surface area contributed by atoms with Crippen LogP contribution in [0.4, 0.5) is 0 Å². The number of thiophene rings is 1. The number of rotatable bonds is 7. The summed E-state index contributed by atoms with van der Waals surface area (Å²) in [5.74, 6) is 0.562. The van der Waals surface area contributed by atoms with E-state index in [0.29, 0.717) is 37.9 Å². The summed E-state index contributed by atoms with van der Waals surface area (Å²) in [6.07, 6.45) is 4.99. The average molecular weight is 505 g/mol. The Morgan fingerprint density at radius 2 is 1.97 bits per heavy atom. The fourth-order valence-corrected chi connectivity index (χ4v) is 4.24. The summed E-state index contributed by atoms with van der Waals surface area (Å²) in [5.41, 5.74) is 1.58. The van der Waals surface area contributed by atoms with Crippen molar-refractivity contribution in [3.63, 3.8) is 0 Å². The molecule has 35 heavy (non-hydrogen) atoms. The van der Waals surface area contributed by atoms with Gasteiger partial charge in [0.15, 0.2) is 5.75 Å². The van der Waals surface area contributed by atoms with Crippen molar-refractivity contribution >= 4 is 28.8 Å². The molecular formula is C24H17ClN6O3S. The molecule has 9 nitrogen and oxygen atoms in total. The molecule has 4 heterocycles. The SMILES string of the molecule is O=C(NCc1cn(-c2ccc(-n3ccccc3=O)cc2Oc2ccccn2)nn1)c1ccc(Cl)s1. The quantitative estimate of drug-likeness (QED) is 0.355. The van der Waals surface area contributed by atoms with Crippen molar-refractivity contribution in [2.24, 2.45) is 0 Å². The molecule has 0 saturated carbocycles. The van der Waals surface area contributed by atoms with Gasteiger partial charge in [0.05, 0.1) is 27.6 Å². The van der Waals surface area contributed by atoms with E-state index >= 15 is 0 Å². The van der Waals surface area contributed by atoms with Gasteiger partial charge >= 0.3 is 0 Å². The first-order valence-corrected chi connectivity index (χ1v) is 11.6. The standard InChI is InChI=1S/C24H17ClN6O3S/c25-21-10-9-20(35-21)24(33)27-14-16-15-31(29-28-16)18-8-7-17(30-12-4-2-6-23(30)32)13-19(18)34-22-5-1-3-11-26-22/h1-13,15H,14H2,(H,27,33). The summed E-state index contributed by atoms with van der Waals surface area (Å²) < 4.78 is 9.63. The third-order valence-electron chi connectivity index (χ3n) is 4.91. The fourth-order valence-electron chi connectivity index (χ4n) is 3.28. The lowest BCUT2D eigenvalue weighted by molar-refractivity contribution is 0.0954. The summed E-state index contributed by atoms with van der Waals surface area (Å²) in [5, 5.41) is 11.1. The Morgan fingerprint density at radius 3 is 2.74 bits per heavy atom. The zero-order valence-electron chi connectivity index (χ0n) is 18.0. The number of halogens is 1. The summed E-state index contributed by atoms with van der Waals surface area (Å²) in [4.78, 5) is 29.4. The molecule has 0 saturated heterocycles. The van der Waals surface area contributed by atoms with Gasteiger partial charge in [-0.05, 0) is 36.4 Å².